The summed E-state index contributed by atoms with van der Waals surface area (Å²) >= 11 is 4.63. The minimum absolute atomic E-state index is 0.284. The summed E-state index contributed by atoms with van der Waals surface area (Å²) in [5.74, 6) is -1.12. The Bertz CT molecular complexity index is 501. The zero-order chi connectivity index (χ0) is 11.5. The molecule has 0 spiro atoms. The van der Waals surface area contributed by atoms with Gasteiger partial charge in [-0.2, -0.15) is 0 Å². The summed E-state index contributed by atoms with van der Waals surface area (Å²) in [4.78, 5) is 4.10. The number of hydrogen-bond acceptors (Lipinski definition) is 3. The van der Waals surface area contributed by atoms with E-state index in [-0.39, 0.29) is 6.54 Å². The number of hydrogen-bond donors (Lipinski definition) is 1. The molecule has 0 fully saturated rings. The first-order valence-electron chi connectivity index (χ1n) is 4.44. The molecule has 1 aromatic heterocycles. The van der Waals surface area contributed by atoms with Crippen LogP contribution in [-0.4, -0.2) is 4.98 Å². The van der Waals surface area contributed by atoms with E-state index in [1.54, 1.807) is 0 Å². The Morgan fingerprint density at radius 1 is 1.38 bits per heavy atom. The van der Waals surface area contributed by atoms with Gasteiger partial charge in [-0.05, 0) is 22.0 Å². The van der Waals surface area contributed by atoms with Gasteiger partial charge >= 0.3 is 0 Å². The Balaban J connectivity index is 2.04. The summed E-state index contributed by atoms with van der Waals surface area (Å²) in [7, 11) is 0. The van der Waals surface area contributed by atoms with Gasteiger partial charge in [0.05, 0.1) is 0 Å². The van der Waals surface area contributed by atoms with E-state index >= 15 is 0 Å². The Hall–Kier alpha value is -1.01. The summed E-state index contributed by atoms with van der Waals surface area (Å²) in [6.07, 6.45) is 0. The molecule has 16 heavy (non-hydrogen) atoms. The van der Waals surface area contributed by atoms with Crippen molar-refractivity contribution in [3.05, 3.63) is 45.4 Å². The average molecular weight is 305 g/mol. The molecule has 0 saturated carbocycles. The zero-order valence-electron chi connectivity index (χ0n) is 8.01. The highest BCUT2D eigenvalue weighted by atomic mass is 79.9. The molecule has 0 saturated heterocycles. The summed E-state index contributed by atoms with van der Waals surface area (Å²) in [6.45, 7) is 0.284. The maximum absolute atomic E-state index is 13.3. The predicted octanol–water partition coefficient (Wildman–Crippen LogP) is 3.80. The van der Waals surface area contributed by atoms with E-state index in [1.165, 1.54) is 23.5 Å². The number of nitrogens with zero attached hydrogens (tertiary/aromatic N) is 1. The molecule has 1 N–H and O–H groups in total. The van der Waals surface area contributed by atoms with Crippen LogP contribution in [0.5, 0.6) is 0 Å². The maximum Gasteiger partial charge on any atom is 0.184 e. The van der Waals surface area contributed by atoms with Crippen molar-refractivity contribution < 1.29 is 8.78 Å². The van der Waals surface area contributed by atoms with Crippen LogP contribution in [-0.2, 0) is 6.54 Å². The molecular formula is C10H7BrF2N2S. The van der Waals surface area contributed by atoms with Crippen LogP contribution in [0.15, 0.2) is 28.2 Å². The second-order valence-corrected chi connectivity index (χ2v) is 4.74. The van der Waals surface area contributed by atoms with Crippen molar-refractivity contribution in [1.29, 1.82) is 0 Å². The van der Waals surface area contributed by atoms with Gasteiger partial charge in [0.15, 0.2) is 5.13 Å². The quantitative estimate of drug-likeness (QED) is 0.933. The lowest BCUT2D eigenvalue weighted by Gasteiger charge is -2.04. The van der Waals surface area contributed by atoms with E-state index in [0.717, 1.165) is 10.7 Å². The van der Waals surface area contributed by atoms with Crippen molar-refractivity contribution in [2.45, 2.75) is 6.54 Å². The second-order valence-electron chi connectivity index (χ2n) is 3.06. The van der Waals surface area contributed by atoms with E-state index in [2.05, 4.69) is 26.2 Å². The van der Waals surface area contributed by atoms with Gasteiger partial charge in [-0.3, -0.25) is 0 Å². The molecule has 6 heteroatoms. The van der Waals surface area contributed by atoms with Crippen LogP contribution in [0, 0.1) is 11.6 Å². The zero-order valence-corrected chi connectivity index (χ0v) is 10.4. The molecule has 0 unspecified atom stereocenters. The number of halogens is 3. The standard InChI is InChI=1S/C10H7BrF2N2S/c11-9-5-16-10(15-9)14-4-6-1-2-7(12)3-8(6)13/h1-3,5H,4H2,(H,14,15). The molecule has 0 radical (unpaired) electrons. The third kappa shape index (κ3) is 2.76. The van der Waals surface area contributed by atoms with Crippen molar-refractivity contribution in [2.75, 3.05) is 5.32 Å². The van der Waals surface area contributed by atoms with Crippen LogP contribution in [0.3, 0.4) is 0 Å². The fourth-order valence-corrected chi connectivity index (χ4v) is 2.31. The normalized spacial score (nSPS) is 10.4. The third-order valence-electron chi connectivity index (χ3n) is 1.92. The van der Waals surface area contributed by atoms with Gasteiger partial charge in [0, 0.05) is 23.6 Å². The summed E-state index contributed by atoms with van der Waals surface area (Å²) in [5.41, 5.74) is 0.410. The summed E-state index contributed by atoms with van der Waals surface area (Å²) in [6, 6.07) is 3.52. The van der Waals surface area contributed by atoms with E-state index in [9.17, 15) is 8.78 Å². The van der Waals surface area contributed by atoms with Gasteiger partial charge in [-0.25, -0.2) is 13.8 Å². The number of benzene rings is 1. The second kappa shape index (κ2) is 4.88. The van der Waals surface area contributed by atoms with Crippen LogP contribution >= 0.6 is 27.3 Å². The molecular weight excluding hydrogens is 298 g/mol. The Kier molecular flexibility index (Phi) is 3.50. The van der Waals surface area contributed by atoms with E-state index in [0.29, 0.717) is 10.7 Å². The lowest BCUT2D eigenvalue weighted by atomic mass is 10.2. The van der Waals surface area contributed by atoms with Gasteiger partial charge in [0.2, 0.25) is 0 Å². The monoisotopic (exact) mass is 304 g/mol. The van der Waals surface area contributed by atoms with E-state index in [1.807, 2.05) is 5.38 Å². The van der Waals surface area contributed by atoms with Crippen molar-refractivity contribution in [2.24, 2.45) is 0 Å². The first-order chi connectivity index (χ1) is 7.65. The molecule has 2 rings (SSSR count). The van der Waals surface area contributed by atoms with Crippen LogP contribution in [0.2, 0.25) is 0 Å². The van der Waals surface area contributed by atoms with Gasteiger partial charge in [-0.15, -0.1) is 11.3 Å². The number of nitrogens with one attached hydrogen (secondary N) is 1. The fraction of sp³-hybridized carbons (Fsp3) is 0.100. The molecule has 0 atom stereocenters. The lowest BCUT2D eigenvalue weighted by Crippen LogP contribution is -2.01. The maximum atomic E-state index is 13.3. The minimum Gasteiger partial charge on any atom is -0.357 e. The summed E-state index contributed by atoms with van der Waals surface area (Å²) < 4.78 is 26.6. The minimum atomic E-state index is -0.571. The van der Waals surface area contributed by atoms with Crippen LogP contribution in [0.25, 0.3) is 0 Å². The predicted molar refractivity (Wildman–Crippen MR) is 63.5 cm³/mol. The number of thiazole rings is 1. The Labute approximate surface area is 103 Å². The van der Waals surface area contributed by atoms with Gasteiger partial charge in [-0.1, -0.05) is 6.07 Å². The topological polar surface area (TPSA) is 24.9 Å². The molecule has 0 bridgehead atoms. The fourth-order valence-electron chi connectivity index (χ4n) is 1.17. The van der Waals surface area contributed by atoms with Crippen LogP contribution in [0.4, 0.5) is 13.9 Å². The lowest BCUT2D eigenvalue weighted by molar-refractivity contribution is 0.574. The van der Waals surface area contributed by atoms with Crippen LogP contribution < -0.4 is 5.32 Å². The largest absolute Gasteiger partial charge is 0.357 e. The number of anilines is 1. The number of aromatic nitrogens is 1. The molecule has 84 valence electrons. The van der Waals surface area contributed by atoms with E-state index in [4.69, 9.17) is 0 Å². The van der Waals surface area contributed by atoms with Gasteiger partial charge in [0.1, 0.15) is 16.2 Å². The van der Waals surface area contributed by atoms with E-state index < -0.39 is 11.6 Å². The highest BCUT2D eigenvalue weighted by Gasteiger charge is 2.04. The molecule has 0 aliphatic rings. The average Bonchev–Trinajstić information content (AvgIpc) is 2.63. The molecule has 1 heterocycles. The SMILES string of the molecule is Fc1ccc(CNc2nc(Br)cs2)c(F)c1. The van der Waals surface area contributed by atoms with Gasteiger partial charge in [0.25, 0.3) is 0 Å². The Morgan fingerprint density at radius 3 is 2.81 bits per heavy atom. The highest BCUT2D eigenvalue weighted by Crippen LogP contribution is 2.20. The van der Waals surface area contributed by atoms with Crippen molar-refractivity contribution in [1.82, 2.24) is 4.98 Å². The van der Waals surface area contributed by atoms with Crippen molar-refractivity contribution >= 4 is 32.4 Å². The molecule has 1 aromatic carbocycles. The molecule has 0 aliphatic carbocycles. The first kappa shape index (κ1) is 11.5. The first-order valence-corrected chi connectivity index (χ1v) is 6.11. The molecule has 2 nitrogen and oxygen atoms in total. The Morgan fingerprint density at radius 2 is 2.19 bits per heavy atom. The third-order valence-corrected chi connectivity index (χ3v) is 3.43. The molecule has 0 amide bonds. The van der Waals surface area contributed by atoms with Gasteiger partial charge < -0.3 is 5.32 Å². The molecule has 0 aliphatic heterocycles. The molecule has 2 aromatic rings. The number of rotatable bonds is 3. The van der Waals surface area contributed by atoms with Crippen LogP contribution in [0.1, 0.15) is 5.56 Å². The van der Waals surface area contributed by atoms with Crippen molar-refractivity contribution in [3.63, 3.8) is 0 Å². The smallest absolute Gasteiger partial charge is 0.184 e. The summed E-state index contributed by atoms with van der Waals surface area (Å²) in [5, 5.41) is 5.47. The highest BCUT2D eigenvalue weighted by molar-refractivity contribution is 9.10. The van der Waals surface area contributed by atoms with Crippen molar-refractivity contribution in [3.8, 4) is 0 Å².